The van der Waals surface area contributed by atoms with Gasteiger partial charge >= 0.3 is 6.72 Å². The number of ether oxygens (including phenoxy) is 2. The minimum atomic E-state index is -3.94. The molecule has 18 nitrogen and oxygen atoms in total. The van der Waals surface area contributed by atoms with Gasteiger partial charge in [-0.05, 0) is 11.8 Å². The molecule has 23 heteroatoms. The zero-order chi connectivity index (χ0) is 29.9. The van der Waals surface area contributed by atoms with Gasteiger partial charge in [0.15, 0.2) is 33.2 Å². The van der Waals surface area contributed by atoms with Crippen LogP contribution in [0.2, 0.25) is 0 Å². The number of fused-ring (bicyclic) bond motifs is 2. The SMILES string of the molecule is Nc1nc(=S)c2c([nH]1)N([C@H]1CC(OP(O)(=S)OC[C@H]3O[C@@H](n4cnc5c(=S)nc(N)[nH]c54)C(O)C3O)[C@@H](CO)O1)I=N2. The fourth-order valence-electron chi connectivity index (χ4n) is 4.74. The second-order valence-electron chi connectivity index (χ2n) is 9.37. The lowest BCUT2D eigenvalue weighted by Gasteiger charge is -2.24. The first-order chi connectivity index (χ1) is 20.0. The molecule has 0 aromatic carbocycles. The van der Waals surface area contributed by atoms with Crippen molar-refractivity contribution in [3.8, 4) is 0 Å². The number of nitrogens with zero attached hydrogens (tertiary/aromatic N) is 6. The first-order valence-corrected chi connectivity index (χ1v) is 17.5. The molecule has 0 radical (unpaired) electrons. The number of anilines is 3. The maximum atomic E-state index is 10.9. The van der Waals surface area contributed by atoms with E-state index in [1.54, 1.807) is 0 Å². The number of nitrogen functional groups attached to an aromatic ring is 2. The van der Waals surface area contributed by atoms with Gasteiger partial charge in [0.1, 0.15) is 68.8 Å². The summed E-state index contributed by atoms with van der Waals surface area (Å²) in [5.41, 5.74) is 12.8. The molecule has 10 N–H and O–H groups in total. The Morgan fingerprint density at radius 1 is 1.12 bits per heavy atom. The lowest BCUT2D eigenvalue weighted by Crippen LogP contribution is -2.34. The molecule has 8 atom stereocenters. The molecule has 6 heterocycles. The van der Waals surface area contributed by atoms with Gasteiger partial charge in [-0.1, -0.05) is 24.4 Å². The number of hydrogen-bond acceptors (Lipinski definition) is 17. The molecular formula is C19H24IN10O8PS3. The van der Waals surface area contributed by atoms with E-state index in [9.17, 15) is 20.2 Å². The van der Waals surface area contributed by atoms with Crippen LogP contribution >= 0.6 is 52.5 Å². The van der Waals surface area contributed by atoms with Crippen LogP contribution in [0.15, 0.2) is 9.47 Å². The highest BCUT2D eigenvalue weighted by molar-refractivity contribution is 14.2. The van der Waals surface area contributed by atoms with Crippen LogP contribution in [-0.4, -0.2) is 99.7 Å². The van der Waals surface area contributed by atoms with Crippen molar-refractivity contribution in [1.82, 2.24) is 29.5 Å². The summed E-state index contributed by atoms with van der Waals surface area (Å²) in [7, 11) is 0. The van der Waals surface area contributed by atoms with E-state index in [0.717, 1.165) is 0 Å². The van der Waals surface area contributed by atoms with Crippen molar-refractivity contribution >= 4 is 98.8 Å². The molecule has 3 aromatic rings. The van der Waals surface area contributed by atoms with Gasteiger partial charge in [0, 0.05) is 6.42 Å². The molecule has 3 aliphatic rings. The summed E-state index contributed by atoms with van der Waals surface area (Å²) in [5, 5.41) is 31.3. The smallest absolute Gasteiger partial charge is 0.324 e. The van der Waals surface area contributed by atoms with E-state index in [1.165, 1.54) is 10.9 Å². The quantitative estimate of drug-likeness (QED) is 0.0677. The Balaban J connectivity index is 1.11. The molecule has 2 saturated heterocycles. The number of aromatic amines is 2. The second kappa shape index (κ2) is 11.7. The summed E-state index contributed by atoms with van der Waals surface area (Å²) in [6.45, 7) is -4.77. The van der Waals surface area contributed by atoms with Crippen molar-refractivity contribution < 1.29 is 38.7 Å². The first-order valence-electron chi connectivity index (χ1n) is 12.2. The topological polar surface area (TPSA) is 261 Å². The van der Waals surface area contributed by atoms with Crippen molar-refractivity contribution in [1.29, 1.82) is 0 Å². The Hall–Kier alpha value is -1.67. The molecular weight excluding hydrogens is 750 g/mol. The van der Waals surface area contributed by atoms with E-state index >= 15 is 0 Å². The average molecular weight is 775 g/mol. The van der Waals surface area contributed by atoms with Crippen LogP contribution in [0.1, 0.15) is 12.6 Å². The zero-order valence-corrected chi connectivity index (χ0v) is 26.6. The number of halogens is 1. The fourth-order valence-corrected chi connectivity index (χ4v) is 8.97. The second-order valence-corrected chi connectivity index (χ2v) is 14.9. The van der Waals surface area contributed by atoms with Gasteiger partial charge in [-0.3, -0.25) is 7.68 Å². The largest absolute Gasteiger partial charge is 0.394 e. The van der Waals surface area contributed by atoms with Crippen LogP contribution in [0.3, 0.4) is 0 Å². The lowest BCUT2D eigenvalue weighted by atomic mass is 10.1. The number of aliphatic hydroxyl groups excluding tert-OH is 3. The number of hydrogen-bond donors (Lipinski definition) is 8. The van der Waals surface area contributed by atoms with Gasteiger partial charge in [-0.15, -0.1) is 0 Å². The van der Waals surface area contributed by atoms with Gasteiger partial charge in [0.25, 0.3) is 0 Å². The Labute approximate surface area is 261 Å². The minimum absolute atomic E-state index is 0.0363. The summed E-state index contributed by atoms with van der Waals surface area (Å²) in [6, 6.07) is 0. The molecule has 3 aromatic heterocycles. The van der Waals surface area contributed by atoms with Gasteiger partial charge in [-0.2, -0.15) is 3.15 Å². The lowest BCUT2D eigenvalue weighted by molar-refractivity contribution is -0.0521. The van der Waals surface area contributed by atoms with Crippen molar-refractivity contribution in [2.45, 2.75) is 49.4 Å². The summed E-state index contributed by atoms with van der Waals surface area (Å²) in [4.78, 5) is 28.8. The number of imidazole rings is 1. The highest BCUT2D eigenvalue weighted by Gasteiger charge is 2.46. The predicted octanol–water partition coefficient (Wildman–Crippen LogP) is 0.672. The third kappa shape index (κ3) is 5.64. The van der Waals surface area contributed by atoms with Crippen LogP contribution in [0, 0.1) is 9.28 Å². The van der Waals surface area contributed by atoms with E-state index in [2.05, 4.69) is 28.1 Å². The summed E-state index contributed by atoms with van der Waals surface area (Å²) in [5.74, 6) is 0.728. The third-order valence-electron chi connectivity index (χ3n) is 6.67. The number of aromatic nitrogens is 6. The van der Waals surface area contributed by atoms with E-state index in [0.29, 0.717) is 22.7 Å². The molecule has 4 unspecified atom stereocenters. The normalized spacial score (nSPS) is 30.5. The predicted molar refractivity (Wildman–Crippen MR) is 163 cm³/mol. The molecule has 2 fully saturated rings. The van der Waals surface area contributed by atoms with Crippen molar-refractivity contribution in [2.75, 3.05) is 27.8 Å². The Bertz CT molecular complexity index is 1720. The summed E-state index contributed by atoms with van der Waals surface area (Å²) in [6.07, 6.45) is -5.68. The van der Waals surface area contributed by atoms with Gasteiger partial charge in [0.2, 0.25) is 0 Å². The number of aliphatic hydroxyl groups is 3. The molecule has 228 valence electrons. The van der Waals surface area contributed by atoms with Crippen LogP contribution in [0.25, 0.3) is 11.2 Å². The van der Waals surface area contributed by atoms with Crippen molar-refractivity contribution in [2.24, 2.45) is 3.15 Å². The van der Waals surface area contributed by atoms with Crippen molar-refractivity contribution in [3.63, 3.8) is 0 Å². The Morgan fingerprint density at radius 2 is 1.86 bits per heavy atom. The molecule has 3 aliphatic heterocycles. The average Bonchev–Trinajstić information content (AvgIpc) is 3.69. The number of H-pyrrole nitrogens is 2. The van der Waals surface area contributed by atoms with E-state index < -0.39 is 84.2 Å². The molecule has 0 amide bonds. The number of nitrogens with one attached hydrogen (secondary N) is 2. The van der Waals surface area contributed by atoms with Gasteiger partial charge in [0.05, 0.1) is 25.6 Å². The third-order valence-corrected chi connectivity index (χ3v) is 11.1. The van der Waals surface area contributed by atoms with Crippen LogP contribution < -0.4 is 14.6 Å². The maximum Gasteiger partial charge on any atom is 0.324 e. The first kappa shape index (κ1) is 30.4. The highest BCUT2D eigenvalue weighted by atomic mass is 127. The minimum Gasteiger partial charge on any atom is -0.394 e. The van der Waals surface area contributed by atoms with Crippen molar-refractivity contribution in [3.05, 3.63) is 15.6 Å². The monoisotopic (exact) mass is 774 g/mol. The molecule has 42 heavy (non-hydrogen) atoms. The molecule has 0 aliphatic carbocycles. The summed E-state index contributed by atoms with van der Waals surface area (Å²) >= 11 is 14.7. The fraction of sp³-hybridized carbons (Fsp3) is 0.526. The van der Waals surface area contributed by atoms with Crippen LogP contribution in [0.5, 0.6) is 0 Å². The molecule has 6 rings (SSSR count). The van der Waals surface area contributed by atoms with Gasteiger partial charge < -0.3 is 60.2 Å². The Morgan fingerprint density at radius 3 is 2.62 bits per heavy atom. The van der Waals surface area contributed by atoms with Gasteiger partial charge in [-0.25, -0.2) is 15.0 Å². The molecule has 0 saturated carbocycles. The number of nitrogens with two attached hydrogens (primary N) is 2. The molecule has 0 spiro atoms. The standard InChI is InChI=1S/C19H24IN10O8PS3/c21-18-24-13-9(15(40)26-18)23-4-29(13)17-12(33)11(32)7(37-17)3-35-39(34,42)38-5-1-8(36-6(5)2-31)30-14-10(28-20-30)16(41)27-19(22)25-14/h4-8,11-12,17,31-33H,1-3H2,(H,34,42)(H3,21,24,26,40)(H3,22,25,27,41)/t5?,6-,7-,8-,11?,12?,17-,39?/m1/s1. The van der Waals surface area contributed by atoms with E-state index in [4.69, 9.17) is 66.2 Å². The van der Waals surface area contributed by atoms with Crippen LogP contribution in [-0.2, 0) is 30.3 Å². The van der Waals surface area contributed by atoms with E-state index in [-0.39, 0.29) is 27.6 Å². The summed E-state index contributed by atoms with van der Waals surface area (Å²) < 4.78 is 31.3. The van der Waals surface area contributed by atoms with Crippen LogP contribution in [0.4, 0.5) is 23.4 Å². The molecule has 0 bridgehead atoms. The Kier molecular flexibility index (Phi) is 8.44. The maximum absolute atomic E-state index is 10.9. The highest BCUT2D eigenvalue weighted by Crippen LogP contribution is 2.51. The van der Waals surface area contributed by atoms with E-state index in [1.807, 2.05) is 3.11 Å². The number of rotatable bonds is 8. The zero-order valence-electron chi connectivity index (χ0n) is 21.0.